The number of nitrogens with one attached hydrogen (secondary N) is 1. The van der Waals surface area contributed by atoms with Gasteiger partial charge in [0.05, 0.1) is 0 Å². The molecular formula is C13H27N. The third-order valence-electron chi connectivity index (χ3n) is 2.41. The average Bonchev–Trinajstić information content (AvgIpc) is 2.15. The van der Waals surface area contributed by atoms with Crippen molar-refractivity contribution < 1.29 is 0 Å². The quantitative estimate of drug-likeness (QED) is 0.415. The Morgan fingerprint density at radius 1 is 1.07 bits per heavy atom. The molecule has 0 aromatic carbocycles. The lowest BCUT2D eigenvalue weighted by Gasteiger charge is -2.05. The van der Waals surface area contributed by atoms with Crippen LogP contribution in [0.4, 0.5) is 0 Å². The first-order valence-electron chi connectivity index (χ1n) is 6.09. The van der Waals surface area contributed by atoms with Crippen LogP contribution in [0.3, 0.4) is 0 Å². The Morgan fingerprint density at radius 2 is 1.79 bits per heavy atom. The highest BCUT2D eigenvalue weighted by Crippen LogP contribution is 2.08. The second kappa shape index (κ2) is 10.8. The maximum Gasteiger partial charge on any atom is -0.00144 e. The van der Waals surface area contributed by atoms with E-state index in [2.05, 4.69) is 25.7 Å². The maximum atomic E-state index is 3.70. The molecule has 1 heteroatoms. The minimum absolute atomic E-state index is 0.876. The van der Waals surface area contributed by atoms with Crippen molar-refractivity contribution in [3.05, 3.63) is 12.7 Å². The van der Waals surface area contributed by atoms with Crippen LogP contribution in [0.15, 0.2) is 12.7 Å². The Morgan fingerprint density at radius 3 is 2.43 bits per heavy atom. The molecule has 0 aliphatic heterocycles. The molecule has 0 fully saturated rings. The first-order chi connectivity index (χ1) is 6.77. The summed E-state index contributed by atoms with van der Waals surface area (Å²) < 4.78 is 0. The van der Waals surface area contributed by atoms with Gasteiger partial charge < -0.3 is 5.32 Å². The Hall–Kier alpha value is -0.300. The van der Waals surface area contributed by atoms with Gasteiger partial charge in [0.15, 0.2) is 0 Å². The molecule has 0 bridgehead atoms. The molecule has 0 aliphatic carbocycles. The summed E-state index contributed by atoms with van der Waals surface area (Å²) in [6, 6.07) is 0. The molecule has 14 heavy (non-hydrogen) atoms. The largest absolute Gasteiger partial charge is 0.316 e. The van der Waals surface area contributed by atoms with Crippen LogP contribution in [0, 0.1) is 5.92 Å². The van der Waals surface area contributed by atoms with Crippen molar-refractivity contribution >= 4 is 0 Å². The summed E-state index contributed by atoms with van der Waals surface area (Å²) in [5.74, 6) is 0.876. The van der Waals surface area contributed by atoms with Crippen molar-refractivity contribution in [1.82, 2.24) is 5.32 Å². The van der Waals surface area contributed by atoms with Gasteiger partial charge in [0.2, 0.25) is 0 Å². The predicted molar refractivity (Wildman–Crippen MR) is 65.6 cm³/mol. The smallest absolute Gasteiger partial charge is 0.00144 e. The van der Waals surface area contributed by atoms with Gasteiger partial charge in [-0.2, -0.15) is 0 Å². The molecule has 0 aromatic heterocycles. The molecule has 1 N–H and O–H groups in total. The molecule has 0 aliphatic rings. The van der Waals surface area contributed by atoms with E-state index in [4.69, 9.17) is 0 Å². The standard InChI is InChI=1S/C13H27N/c1-4-5-11-14-12-9-7-6-8-10-13(2)3/h4,13-14H,1,5-12H2,2-3H3. The van der Waals surface area contributed by atoms with Crippen LogP contribution < -0.4 is 5.32 Å². The third-order valence-corrected chi connectivity index (χ3v) is 2.41. The van der Waals surface area contributed by atoms with Crippen LogP contribution in [-0.2, 0) is 0 Å². The summed E-state index contributed by atoms with van der Waals surface area (Å²) >= 11 is 0. The average molecular weight is 197 g/mol. The van der Waals surface area contributed by atoms with Gasteiger partial charge in [-0.1, -0.05) is 45.6 Å². The number of hydrogen-bond donors (Lipinski definition) is 1. The van der Waals surface area contributed by atoms with Gasteiger partial charge >= 0.3 is 0 Å². The third kappa shape index (κ3) is 11.7. The van der Waals surface area contributed by atoms with Gasteiger partial charge in [0.25, 0.3) is 0 Å². The highest BCUT2D eigenvalue weighted by Gasteiger charge is 1.94. The molecule has 0 aromatic rings. The predicted octanol–water partition coefficient (Wildman–Crippen LogP) is 3.76. The van der Waals surface area contributed by atoms with E-state index in [0.717, 1.165) is 18.9 Å². The lowest BCUT2D eigenvalue weighted by atomic mass is 10.0. The zero-order valence-corrected chi connectivity index (χ0v) is 10.0. The van der Waals surface area contributed by atoms with Gasteiger partial charge in [0.1, 0.15) is 0 Å². The van der Waals surface area contributed by atoms with Gasteiger partial charge in [-0.05, 0) is 31.8 Å². The lowest BCUT2D eigenvalue weighted by Crippen LogP contribution is -2.15. The summed E-state index contributed by atoms with van der Waals surface area (Å²) in [5, 5.41) is 3.41. The first kappa shape index (κ1) is 13.7. The van der Waals surface area contributed by atoms with Gasteiger partial charge in [0, 0.05) is 0 Å². The zero-order chi connectivity index (χ0) is 10.6. The zero-order valence-electron chi connectivity index (χ0n) is 10.0. The van der Waals surface area contributed by atoms with E-state index in [1.165, 1.54) is 38.6 Å². The van der Waals surface area contributed by atoms with Crippen molar-refractivity contribution in [2.75, 3.05) is 13.1 Å². The Kier molecular flexibility index (Phi) is 10.5. The molecule has 0 saturated carbocycles. The van der Waals surface area contributed by atoms with Crippen molar-refractivity contribution in [2.45, 2.75) is 52.4 Å². The fourth-order valence-corrected chi connectivity index (χ4v) is 1.49. The van der Waals surface area contributed by atoms with Crippen molar-refractivity contribution in [3.63, 3.8) is 0 Å². The SMILES string of the molecule is C=CCCNCCCCCCC(C)C. The van der Waals surface area contributed by atoms with Crippen molar-refractivity contribution in [1.29, 1.82) is 0 Å². The molecule has 84 valence electrons. The summed E-state index contributed by atoms with van der Waals surface area (Å²) in [6.07, 6.45) is 9.97. The number of unbranched alkanes of at least 4 members (excludes halogenated alkanes) is 3. The van der Waals surface area contributed by atoms with E-state index in [1.807, 2.05) is 6.08 Å². The van der Waals surface area contributed by atoms with Crippen LogP contribution in [0.2, 0.25) is 0 Å². The molecule has 0 rings (SSSR count). The van der Waals surface area contributed by atoms with E-state index < -0.39 is 0 Å². The molecule has 0 atom stereocenters. The Balaban J connectivity index is 2.88. The number of hydrogen-bond acceptors (Lipinski definition) is 1. The highest BCUT2D eigenvalue weighted by molar-refractivity contribution is 4.67. The summed E-state index contributed by atoms with van der Waals surface area (Å²) in [7, 11) is 0. The molecule has 0 amide bonds. The molecular weight excluding hydrogens is 170 g/mol. The van der Waals surface area contributed by atoms with E-state index in [0.29, 0.717) is 0 Å². The minimum Gasteiger partial charge on any atom is -0.316 e. The molecule has 0 spiro atoms. The van der Waals surface area contributed by atoms with Crippen LogP contribution in [0.25, 0.3) is 0 Å². The Bertz CT molecular complexity index is 118. The van der Waals surface area contributed by atoms with Crippen LogP contribution in [0.5, 0.6) is 0 Å². The summed E-state index contributed by atoms with van der Waals surface area (Å²) in [4.78, 5) is 0. The van der Waals surface area contributed by atoms with Gasteiger partial charge in [-0.15, -0.1) is 6.58 Å². The molecule has 0 unspecified atom stereocenters. The fraction of sp³-hybridized carbons (Fsp3) is 0.846. The van der Waals surface area contributed by atoms with E-state index in [1.54, 1.807) is 0 Å². The second-order valence-electron chi connectivity index (χ2n) is 4.42. The van der Waals surface area contributed by atoms with Crippen molar-refractivity contribution in [2.24, 2.45) is 5.92 Å². The molecule has 0 saturated heterocycles. The first-order valence-corrected chi connectivity index (χ1v) is 6.09. The lowest BCUT2D eigenvalue weighted by molar-refractivity contribution is 0.513. The molecule has 1 nitrogen and oxygen atoms in total. The Labute approximate surface area is 90.0 Å². The molecule has 0 heterocycles. The van der Waals surface area contributed by atoms with E-state index >= 15 is 0 Å². The number of rotatable bonds is 10. The minimum atomic E-state index is 0.876. The maximum absolute atomic E-state index is 3.70. The molecule has 0 radical (unpaired) electrons. The van der Waals surface area contributed by atoms with E-state index in [-0.39, 0.29) is 0 Å². The van der Waals surface area contributed by atoms with E-state index in [9.17, 15) is 0 Å². The van der Waals surface area contributed by atoms with Gasteiger partial charge in [-0.25, -0.2) is 0 Å². The monoisotopic (exact) mass is 197 g/mol. The highest BCUT2D eigenvalue weighted by atomic mass is 14.8. The fourth-order valence-electron chi connectivity index (χ4n) is 1.49. The van der Waals surface area contributed by atoms with Crippen molar-refractivity contribution in [3.8, 4) is 0 Å². The summed E-state index contributed by atoms with van der Waals surface area (Å²) in [5.41, 5.74) is 0. The summed E-state index contributed by atoms with van der Waals surface area (Å²) in [6.45, 7) is 10.6. The van der Waals surface area contributed by atoms with Crippen LogP contribution in [-0.4, -0.2) is 13.1 Å². The van der Waals surface area contributed by atoms with Gasteiger partial charge in [-0.3, -0.25) is 0 Å². The normalized spacial score (nSPS) is 10.8. The topological polar surface area (TPSA) is 12.0 Å². The second-order valence-corrected chi connectivity index (χ2v) is 4.42. The van der Waals surface area contributed by atoms with Crippen LogP contribution in [0.1, 0.15) is 52.4 Å². The van der Waals surface area contributed by atoms with Crippen LogP contribution >= 0.6 is 0 Å².